The highest BCUT2D eigenvalue weighted by molar-refractivity contribution is 5.29. The topological polar surface area (TPSA) is 26.0 Å². The van der Waals surface area contributed by atoms with E-state index in [9.17, 15) is 0 Å². The highest BCUT2D eigenvalue weighted by atomic mass is 14.6. The van der Waals surface area contributed by atoms with Gasteiger partial charge < -0.3 is 5.73 Å². The van der Waals surface area contributed by atoms with Crippen LogP contribution in [0.1, 0.15) is 20.8 Å². The first-order valence-corrected chi connectivity index (χ1v) is 3.87. The van der Waals surface area contributed by atoms with E-state index in [2.05, 4.69) is 20.4 Å². The van der Waals surface area contributed by atoms with Gasteiger partial charge in [-0.2, -0.15) is 0 Å². The largest absolute Gasteiger partial charge is 0.399 e. The predicted octanol–water partition coefficient (Wildman–Crippen LogP) is 2.62. The molecule has 2 N–H and O–H groups in total. The van der Waals surface area contributed by atoms with E-state index in [0.717, 1.165) is 11.3 Å². The maximum atomic E-state index is 5.71. The molecule has 0 aliphatic heterocycles. The molecule has 1 heteroatoms. The Balaban J connectivity index is 4.24. The molecule has 0 aromatic carbocycles. The average Bonchev–Trinajstić information content (AvgIpc) is 1.98. The molecule has 1 nitrogen and oxygen atoms in total. The number of allylic oxidation sites excluding steroid dienone is 4. The van der Waals surface area contributed by atoms with E-state index in [1.165, 1.54) is 0 Å². The van der Waals surface area contributed by atoms with Gasteiger partial charge in [-0.15, -0.1) is 0 Å². The SMILES string of the molecule is C=C(/C(N)=C\C=C/C)C(C)C. The Labute approximate surface area is 69.3 Å². The average molecular weight is 151 g/mol. The predicted molar refractivity (Wildman–Crippen MR) is 51.1 cm³/mol. The summed E-state index contributed by atoms with van der Waals surface area (Å²) in [5.41, 5.74) is 7.49. The smallest absolute Gasteiger partial charge is 0.0343 e. The van der Waals surface area contributed by atoms with Gasteiger partial charge in [0.15, 0.2) is 0 Å². The molecule has 0 aliphatic carbocycles. The van der Waals surface area contributed by atoms with Crippen LogP contribution >= 0.6 is 0 Å². The Kier molecular flexibility index (Phi) is 4.35. The quantitative estimate of drug-likeness (QED) is 0.616. The Morgan fingerprint density at radius 2 is 2.00 bits per heavy atom. The molecule has 0 unspecified atom stereocenters. The van der Waals surface area contributed by atoms with E-state index < -0.39 is 0 Å². The lowest BCUT2D eigenvalue weighted by atomic mass is 10.0. The Morgan fingerprint density at radius 3 is 2.36 bits per heavy atom. The van der Waals surface area contributed by atoms with Gasteiger partial charge in [0.05, 0.1) is 0 Å². The van der Waals surface area contributed by atoms with Crippen LogP contribution in [0.5, 0.6) is 0 Å². The van der Waals surface area contributed by atoms with Gasteiger partial charge in [-0.25, -0.2) is 0 Å². The number of rotatable bonds is 3. The zero-order valence-corrected chi connectivity index (χ0v) is 7.59. The Morgan fingerprint density at radius 1 is 1.45 bits per heavy atom. The Bertz CT molecular complexity index is 185. The van der Waals surface area contributed by atoms with Gasteiger partial charge in [-0.05, 0) is 24.5 Å². The first kappa shape index (κ1) is 10.0. The highest BCUT2D eigenvalue weighted by Crippen LogP contribution is 2.12. The molecule has 0 aliphatic rings. The molecule has 0 spiro atoms. The first-order chi connectivity index (χ1) is 5.09. The summed E-state index contributed by atoms with van der Waals surface area (Å²) in [7, 11) is 0. The second-order valence-corrected chi connectivity index (χ2v) is 2.83. The van der Waals surface area contributed by atoms with Crippen LogP contribution in [0.25, 0.3) is 0 Å². The second kappa shape index (κ2) is 4.78. The summed E-state index contributed by atoms with van der Waals surface area (Å²) in [6.45, 7) is 10.0. The summed E-state index contributed by atoms with van der Waals surface area (Å²) >= 11 is 0. The molecule has 0 rings (SSSR count). The van der Waals surface area contributed by atoms with E-state index in [1.807, 2.05) is 25.2 Å². The molecule has 0 aromatic rings. The van der Waals surface area contributed by atoms with Gasteiger partial charge in [0.1, 0.15) is 0 Å². The summed E-state index contributed by atoms with van der Waals surface area (Å²) in [5.74, 6) is 0.427. The van der Waals surface area contributed by atoms with Gasteiger partial charge in [-0.1, -0.05) is 32.6 Å². The molecule has 11 heavy (non-hydrogen) atoms. The molecule has 0 saturated heterocycles. The monoisotopic (exact) mass is 151 g/mol. The van der Waals surface area contributed by atoms with Crippen molar-refractivity contribution in [1.82, 2.24) is 0 Å². The molecule has 0 bridgehead atoms. The van der Waals surface area contributed by atoms with E-state index in [-0.39, 0.29) is 0 Å². The van der Waals surface area contributed by atoms with Crippen molar-refractivity contribution in [2.45, 2.75) is 20.8 Å². The summed E-state index contributed by atoms with van der Waals surface area (Å²) in [6.07, 6.45) is 5.74. The van der Waals surface area contributed by atoms with E-state index in [0.29, 0.717) is 5.92 Å². The standard InChI is InChI=1S/C10H17N/c1-5-6-7-10(11)9(4)8(2)3/h5-8H,4,11H2,1-3H3/b6-5-,10-7+. The van der Waals surface area contributed by atoms with E-state index >= 15 is 0 Å². The number of hydrogen-bond acceptors (Lipinski definition) is 1. The fraction of sp³-hybridized carbons (Fsp3) is 0.400. The molecular formula is C10H17N. The highest BCUT2D eigenvalue weighted by Gasteiger charge is 2.00. The van der Waals surface area contributed by atoms with Crippen LogP contribution in [-0.4, -0.2) is 0 Å². The third-order valence-electron chi connectivity index (χ3n) is 1.54. The van der Waals surface area contributed by atoms with Crippen molar-refractivity contribution in [3.05, 3.63) is 36.1 Å². The molecule has 0 aromatic heterocycles. The lowest BCUT2D eigenvalue weighted by molar-refractivity contribution is 0.778. The summed E-state index contributed by atoms with van der Waals surface area (Å²) in [4.78, 5) is 0. The van der Waals surface area contributed by atoms with Crippen molar-refractivity contribution < 1.29 is 0 Å². The summed E-state index contributed by atoms with van der Waals surface area (Å²) < 4.78 is 0. The van der Waals surface area contributed by atoms with Crippen LogP contribution in [0.2, 0.25) is 0 Å². The summed E-state index contributed by atoms with van der Waals surface area (Å²) in [6, 6.07) is 0. The van der Waals surface area contributed by atoms with Crippen molar-refractivity contribution in [3.63, 3.8) is 0 Å². The minimum atomic E-state index is 0.427. The molecule has 62 valence electrons. The minimum absolute atomic E-state index is 0.427. The van der Waals surface area contributed by atoms with Crippen LogP contribution in [0.3, 0.4) is 0 Å². The maximum Gasteiger partial charge on any atom is 0.0343 e. The maximum absolute atomic E-state index is 5.71. The molecule has 0 radical (unpaired) electrons. The van der Waals surface area contributed by atoms with Crippen molar-refractivity contribution in [3.8, 4) is 0 Å². The van der Waals surface area contributed by atoms with Gasteiger partial charge in [0, 0.05) is 5.70 Å². The second-order valence-electron chi connectivity index (χ2n) is 2.83. The lowest BCUT2D eigenvalue weighted by Gasteiger charge is -2.08. The van der Waals surface area contributed by atoms with Crippen molar-refractivity contribution in [2.75, 3.05) is 0 Å². The van der Waals surface area contributed by atoms with Crippen molar-refractivity contribution >= 4 is 0 Å². The fourth-order valence-corrected chi connectivity index (χ4v) is 0.640. The lowest BCUT2D eigenvalue weighted by Crippen LogP contribution is -2.04. The molecule has 0 heterocycles. The Hall–Kier alpha value is -0.980. The van der Waals surface area contributed by atoms with Crippen LogP contribution < -0.4 is 5.73 Å². The first-order valence-electron chi connectivity index (χ1n) is 3.87. The van der Waals surface area contributed by atoms with Gasteiger partial charge >= 0.3 is 0 Å². The number of nitrogens with two attached hydrogens (primary N) is 1. The van der Waals surface area contributed by atoms with Crippen molar-refractivity contribution in [1.29, 1.82) is 0 Å². The number of hydrogen-bond donors (Lipinski definition) is 1. The van der Waals surface area contributed by atoms with Gasteiger partial charge in [-0.3, -0.25) is 0 Å². The van der Waals surface area contributed by atoms with Gasteiger partial charge in [0.2, 0.25) is 0 Å². The minimum Gasteiger partial charge on any atom is -0.399 e. The summed E-state index contributed by atoms with van der Waals surface area (Å²) in [5, 5.41) is 0. The molecule has 0 atom stereocenters. The van der Waals surface area contributed by atoms with Crippen LogP contribution in [-0.2, 0) is 0 Å². The molecule has 0 fully saturated rings. The zero-order valence-electron chi connectivity index (χ0n) is 7.59. The molecular weight excluding hydrogens is 134 g/mol. The molecule has 0 amide bonds. The van der Waals surface area contributed by atoms with Crippen LogP contribution in [0.15, 0.2) is 36.1 Å². The molecule has 0 saturated carbocycles. The van der Waals surface area contributed by atoms with E-state index in [1.54, 1.807) is 0 Å². The third kappa shape index (κ3) is 3.66. The van der Waals surface area contributed by atoms with E-state index in [4.69, 9.17) is 5.73 Å². The van der Waals surface area contributed by atoms with Crippen molar-refractivity contribution in [2.24, 2.45) is 11.7 Å². The van der Waals surface area contributed by atoms with Crippen LogP contribution in [0, 0.1) is 5.92 Å². The third-order valence-corrected chi connectivity index (χ3v) is 1.54. The fourth-order valence-electron chi connectivity index (χ4n) is 0.640. The zero-order chi connectivity index (χ0) is 8.85. The normalized spacial score (nSPS) is 12.9. The van der Waals surface area contributed by atoms with Gasteiger partial charge in [0.25, 0.3) is 0 Å². The van der Waals surface area contributed by atoms with Crippen LogP contribution in [0.4, 0.5) is 0 Å².